The lowest BCUT2D eigenvalue weighted by atomic mass is 9.96. The van der Waals surface area contributed by atoms with Gasteiger partial charge in [-0.25, -0.2) is 0 Å². The number of rotatable bonds is 45. The molecule has 0 bridgehead atoms. The fourth-order valence-corrected chi connectivity index (χ4v) is 10.4. The van der Waals surface area contributed by atoms with Crippen LogP contribution in [0.25, 0.3) is 0 Å². The van der Waals surface area contributed by atoms with Gasteiger partial charge >= 0.3 is 0 Å². The van der Waals surface area contributed by atoms with E-state index in [9.17, 15) is 61.0 Å². The summed E-state index contributed by atoms with van der Waals surface area (Å²) in [5.41, 5.74) is 0. The third-order valence-corrected chi connectivity index (χ3v) is 15.5. The average Bonchev–Trinajstić information content (AvgIpc) is 3.54. The van der Waals surface area contributed by atoms with Crippen LogP contribution in [0.2, 0.25) is 0 Å². The maximum atomic E-state index is 13.3. The first-order chi connectivity index (χ1) is 38.3. The van der Waals surface area contributed by atoms with Crippen LogP contribution in [0.5, 0.6) is 0 Å². The van der Waals surface area contributed by atoms with Gasteiger partial charge in [-0.15, -0.1) is 0 Å². The molecule has 17 unspecified atom stereocenters. The largest absolute Gasteiger partial charge is 0.394 e. The van der Waals surface area contributed by atoms with Gasteiger partial charge in [0, 0.05) is 6.42 Å². The molecule has 0 aromatic rings. The molecule has 3 aliphatic rings. The van der Waals surface area contributed by atoms with E-state index in [-0.39, 0.29) is 18.9 Å². The monoisotopic (exact) mass is 1130 g/mol. The van der Waals surface area contributed by atoms with Crippen LogP contribution in [-0.2, 0) is 33.2 Å². The molecule has 19 nitrogen and oxygen atoms in total. The normalized spacial score (nSPS) is 30.5. The first kappa shape index (κ1) is 71.3. The molecule has 79 heavy (non-hydrogen) atoms. The molecule has 0 aromatic heterocycles. The van der Waals surface area contributed by atoms with Crippen molar-refractivity contribution in [2.24, 2.45) is 0 Å². The van der Waals surface area contributed by atoms with E-state index in [1.165, 1.54) is 83.5 Å². The number of aliphatic hydroxyl groups excluding tert-OH is 11. The van der Waals surface area contributed by atoms with Crippen LogP contribution in [0.1, 0.15) is 206 Å². The van der Waals surface area contributed by atoms with Crippen LogP contribution in [0.3, 0.4) is 0 Å². The smallest absolute Gasteiger partial charge is 0.220 e. The maximum absolute atomic E-state index is 13.3. The Kier molecular flexibility index (Phi) is 39.4. The van der Waals surface area contributed by atoms with Crippen molar-refractivity contribution in [3.8, 4) is 0 Å². The summed E-state index contributed by atoms with van der Waals surface area (Å²) in [6.45, 7) is 1.67. The number of nitrogens with one attached hydrogen (secondary N) is 1. The quantitative estimate of drug-likeness (QED) is 0.0257. The number of ether oxygens (including phenoxy) is 6. The summed E-state index contributed by atoms with van der Waals surface area (Å²) in [5.74, 6) is -0.254. The molecule has 0 aliphatic carbocycles. The molecule has 3 heterocycles. The van der Waals surface area contributed by atoms with Crippen LogP contribution in [-0.4, -0.2) is 193 Å². The summed E-state index contributed by atoms with van der Waals surface area (Å²) in [5, 5.41) is 120. The molecule has 19 heteroatoms. The van der Waals surface area contributed by atoms with Gasteiger partial charge in [0.15, 0.2) is 18.9 Å². The van der Waals surface area contributed by atoms with Crippen LogP contribution >= 0.6 is 0 Å². The lowest BCUT2D eigenvalue weighted by molar-refractivity contribution is -0.379. The number of carbonyl (C=O) groups is 1. The highest BCUT2D eigenvalue weighted by atomic mass is 16.8. The number of aliphatic hydroxyl groups is 11. The number of carbonyl (C=O) groups excluding carboxylic acids is 1. The molecular weight excluding hydrogens is 1020 g/mol. The van der Waals surface area contributed by atoms with Crippen molar-refractivity contribution in [3.63, 3.8) is 0 Å². The second-order valence-corrected chi connectivity index (χ2v) is 22.1. The summed E-state index contributed by atoms with van der Waals surface area (Å²) in [7, 11) is 0. The molecule has 12 N–H and O–H groups in total. The number of hydrogen-bond acceptors (Lipinski definition) is 18. The molecule has 0 aromatic carbocycles. The third-order valence-electron chi connectivity index (χ3n) is 15.5. The predicted molar refractivity (Wildman–Crippen MR) is 300 cm³/mol. The lowest BCUT2D eigenvalue weighted by Gasteiger charge is -2.48. The second kappa shape index (κ2) is 43.6. The summed E-state index contributed by atoms with van der Waals surface area (Å²) < 4.78 is 34.3. The van der Waals surface area contributed by atoms with Crippen molar-refractivity contribution >= 4 is 5.91 Å². The van der Waals surface area contributed by atoms with E-state index in [0.717, 1.165) is 89.9 Å². The molecule has 17 atom stereocenters. The van der Waals surface area contributed by atoms with Crippen LogP contribution < -0.4 is 5.32 Å². The SMILES string of the molecule is CC/C=C\C/C=C\C/C=C\CCCCCCCCCC(=O)NC(COC1OC(CO)C(OC2OC(CO)C(OC3OC(CO)C(O)C(O)C3O)C(O)C2O)C(O)C1O)C(O)CCCCCCCCCCCCCCCCCCC. The highest BCUT2D eigenvalue weighted by molar-refractivity contribution is 5.76. The summed E-state index contributed by atoms with van der Waals surface area (Å²) >= 11 is 0. The van der Waals surface area contributed by atoms with Gasteiger partial charge in [-0.05, 0) is 44.9 Å². The van der Waals surface area contributed by atoms with E-state index in [0.29, 0.717) is 12.8 Å². The third kappa shape index (κ3) is 27.5. The van der Waals surface area contributed by atoms with Gasteiger partial charge in [-0.1, -0.05) is 192 Å². The summed E-state index contributed by atoms with van der Waals surface area (Å²) in [4.78, 5) is 13.3. The van der Waals surface area contributed by atoms with Gasteiger partial charge in [0.25, 0.3) is 0 Å². The minimum absolute atomic E-state index is 0.254. The Morgan fingerprint density at radius 3 is 1.37 bits per heavy atom. The van der Waals surface area contributed by atoms with E-state index in [1.54, 1.807) is 0 Å². The minimum Gasteiger partial charge on any atom is -0.394 e. The van der Waals surface area contributed by atoms with Gasteiger partial charge in [0.1, 0.15) is 73.2 Å². The molecule has 1 amide bonds. The lowest BCUT2D eigenvalue weighted by Crippen LogP contribution is -2.66. The Bertz CT molecular complexity index is 1590. The van der Waals surface area contributed by atoms with Gasteiger partial charge in [-0.3, -0.25) is 4.79 Å². The van der Waals surface area contributed by atoms with Gasteiger partial charge in [-0.2, -0.15) is 0 Å². The molecule has 3 fully saturated rings. The van der Waals surface area contributed by atoms with Crippen LogP contribution in [0, 0.1) is 0 Å². The fraction of sp³-hybridized carbons (Fsp3) is 0.883. The maximum Gasteiger partial charge on any atom is 0.220 e. The highest BCUT2D eigenvalue weighted by Crippen LogP contribution is 2.33. The zero-order valence-electron chi connectivity index (χ0n) is 48.1. The van der Waals surface area contributed by atoms with Crippen LogP contribution in [0.4, 0.5) is 0 Å². The Morgan fingerprint density at radius 2 is 0.873 bits per heavy atom. The summed E-state index contributed by atoms with van der Waals surface area (Å²) in [6.07, 6.45) is 19.3. The van der Waals surface area contributed by atoms with Gasteiger partial charge < -0.3 is 89.9 Å². The Balaban J connectivity index is 1.49. The van der Waals surface area contributed by atoms with E-state index >= 15 is 0 Å². The van der Waals surface area contributed by atoms with E-state index in [2.05, 4.69) is 55.6 Å². The average molecular weight is 1130 g/mol. The zero-order valence-corrected chi connectivity index (χ0v) is 48.1. The Labute approximate surface area is 472 Å². The van der Waals surface area contributed by atoms with Crippen molar-refractivity contribution in [2.75, 3.05) is 26.4 Å². The number of allylic oxidation sites excluding steroid dienone is 6. The number of unbranched alkanes of at least 4 members (excludes halogenated alkanes) is 23. The molecule has 3 saturated heterocycles. The van der Waals surface area contributed by atoms with Crippen molar-refractivity contribution in [1.29, 1.82) is 0 Å². The Morgan fingerprint density at radius 1 is 0.468 bits per heavy atom. The standard InChI is InChI=1S/C60H109NO18/c1-3-5-7-9-11-13-15-17-19-21-23-25-27-29-31-33-35-37-44(65)43(61-48(66)38-36-34-32-30-28-26-24-22-20-18-16-14-12-10-8-6-4-2)42-74-58-54(72)51(69)56(46(40-63)76-58)79-60-55(73)52(70)57(47(41-64)77-60)78-59-53(71)50(68)49(67)45(39-62)75-59/h6,8,12,14,18,20,43-47,49-60,62-65,67-73H,3-5,7,9-11,13,15-17,19,21-42H2,1-2H3,(H,61,66)/b8-6-,14-12-,20-18-. The van der Waals surface area contributed by atoms with E-state index in [1.807, 2.05) is 0 Å². The zero-order chi connectivity index (χ0) is 57.6. The van der Waals surface area contributed by atoms with E-state index < -0.39 is 124 Å². The number of hydrogen-bond donors (Lipinski definition) is 12. The molecule has 462 valence electrons. The highest BCUT2D eigenvalue weighted by Gasteiger charge is 2.53. The van der Waals surface area contributed by atoms with Crippen molar-refractivity contribution in [3.05, 3.63) is 36.5 Å². The Hall–Kier alpha value is -1.99. The van der Waals surface area contributed by atoms with Crippen molar-refractivity contribution in [1.82, 2.24) is 5.32 Å². The molecular formula is C60H109NO18. The molecule has 3 rings (SSSR count). The van der Waals surface area contributed by atoms with Crippen molar-refractivity contribution < 1.29 is 89.4 Å². The van der Waals surface area contributed by atoms with Gasteiger partial charge in [0.05, 0.1) is 38.6 Å². The van der Waals surface area contributed by atoms with Gasteiger partial charge in [0.2, 0.25) is 5.91 Å². The first-order valence-electron chi connectivity index (χ1n) is 30.7. The number of amides is 1. The molecule has 0 radical (unpaired) electrons. The van der Waals surface area contributed by atoms with E-state index in [4.69, 9.17) is 28.4 Å². The fourth-order valence-electron chi connectivity index (χ4n) is 10.4. The minimum atomic E-state index is -1.97. The predicted octanol–water partition coefficient (Wildman–Crippen LogP) is 5.71. The topological polar surface area (TPSA) is 307 Å². The molecule has 3 aliphatic heterocycles. The molecule has 0 spiro atoms. The van der Waals surface area contributed by atoms with Crippen LogP contribution in [0.15, 0.2) is 36.5 Å². The first-order valence-corrected chi connectivity index (χ1v) is 30.7. The molecule has 0 saturated carbocycles. The van der Waals surface area contributed by atoms with Crippen molar-refractivity contribution in [2.45, 2.75) is 311 Å². The summed E-state index contributed by atoms with van der Waals surface area (Å²) in [6, 6.07) is -0.892. The second-order valence-electron chi connectivity index (χ2n) is 22.1.